The predicted molar refractivity (Wildman–Crippen MR) is 79.0 cm³/mol. The summed E-state index contributed by atoms with van der Waals surface area (Å²) in [5, 5.41) is 4.54. The fourth-order valence-electron chi connectivity index (χ4n) is 1.46. The van der Waals surface area contributed by atoms with Gasteiger partial charge in [0.2, 0.25) is 5.91 Å². The first-order valence-electron chi connectivity index (χ1n) is 5.23. The van der Waals surface area contributed by atoms with E-state index in [0.29, 0.717) is 10.2 Å². The fraction of sp³-hybridized carbons (Fsp3) is 0.0833. The lowest BCUT2D eigenvalue weighted by Gasteiger charge is -2.13. The van der Waals surface area contributed by atoms with Gasteiger partial charge in [-0.3, -0.25) is 4.79 Å². The molecule has 0 saturated carbocycles. The minimum atomic E-state index is -0.784. The number of carbonyl (C=O) groups is 1. The highest BCUT2D eigenvalue weighted by Crippen LogP contribution is 2.32. The van der Waals surface area contributed by atoms with Gasteiger partial charge in [0.1, 0.15) is 11.9 Å². The number of hydrogen-bond acceptors (Lipinski definition) is 3. The van der Waals surface area contributed by atoms with Crippen LogP contribution in [0.15, 0.2) is 34.1 Å². The molecule has 2 aromatic rings. The van der Waals surface area contributed by atoms with Gasteiger partial charge in [-0.05, 0) is 39.5 Å². The Bertz CT molecular complexity index is 583. The van der Waals surface area contributed by atoms with Crippen molar-refractivity contribution in [2.45, 2.75) is 6.04 Å². The maximum Gasteiger partial charge on any atom is 0.246 e. The summed E-state index contributed by atoms with van der Waals surface area (Å²) in [5.41, 5.74) is 6.13. The highest BCUT2D eigenvalue weighted by Gasteiger charge is 2.19. The predicted octanol–water partition coefficient (Wildman–Crippen LogP) is 3.94. The molecule has 3 N–H and O–H groups in total. The summed E-state index contributed by atoms with van der Waals surface area (Å²) in [7, 11) is 0. The molecule has 1 unspecified atom stereocenters. The zero-order chi connectivity index (χ0) is 14.0. The third-order valence-electron chi connectivity index (χ3n) is 2.39. The maximum atomic E-state index is 13.1. The summed E-state index contributed by atoms with van der Waals surface area (Å²) in [6, 6.07) is 5.15. The van der Waals surface area contributed by atoms with Crippen LogP contribution >= 0.6 is 38.9 Å². The normalized spacial score (nSPS) is 12.2. The fourth-order valence-corrected chi connectivity index (χ4v) is 3.08. The van der Waals surface area contributed by atoms with Crippen molar-refractivity contribution >= 4 is 50.5 Å². The van der Waals surface area contributed by atoms with Gasteiger partial charge in [-0.15, -0.1) is 11.3 Å². The van der Waals surface area contributed by atoms with Crippen molar-refractivity contribution in [3.8, 4) is 0 Å². The molecule has 1 amide bonds. The van der Waals surface area contributed by atoms with Crippen molar-refractivity contribution in [3.63, 3.8) is 0 Å². The van der Waals surface area contributed by atoms with Crippen molar-refractivity contribution in [1.29, 1.82) is 0 Å². The molecule has 1 aromatic heterocycles. The number of anilines is 1. The third-order valence-corrected chi connectivity index (χ3v) is 4.27. The van der Waals surface area contributed by atoms with E-state index in [2.05, 4.69) is 21.2 Å². The molecule has 19 heavy (non-hydrogen) atoms. The van der Waals surface area contributed by atoms with E-state index >= 15 is 0 Å². The number of carbonyl (C=O) groups excluding carboxylic acids is 1. The molecule has 0 saturated heterocycles. The van der Waals surface area contributed by atoms with E-state index in [9.17, 15) is 9.18 Å². The smallest absolute Gasteiger partial charge is 0.246 e. The van der Waals surface area contributed by atoms with Crippen molar-refractivity contribution in [3.05, 3.63) is 49.8 Å². The number of hydrogen-bond donors (Lipinski definition) is 2. The van der Waals surface area contributed by atoms with E-state index in [1.807, 2.05) is 11.4 Å². The largest absolute Gasteiger partial charge is 0.322 e. The van der Waals surface area contributed by atoms with Crippen LogP contribution in [0.3, 0.4) is 0 Å². The molecule has 0 radical (unpaired) electrons. The third kappa shape index (κ3) is 3.33. The molecule has 0 aliphatic carbocycles. The van der Waals surface area contributed by atoms with E-state index < -0.39 is 17.8 Å². The van der Waals surface area contributed by atoms with Crippen LogP contribution in [0.1, 0.15) is 10.9 Å². The molecule has 7 heteroatoms. The Kier molecular flexibility index (Phi) is 4.57. The minimum Gasteiger partial charge on any atom is -0.322 e. The minimum absolute atomic E-state index is 0.110. The summed E-state index contributed by atoms with van der Waals surface area (Å²) < 4.78 is 13.4. The Labute approximate surface area is 126 Å². The molecule has 0 aliphatic rings. The van der Waals surface area contributed by atoms with Gasteiger partial charge in [0.15, 0.2) is 0 Å². The molecule has 100 valence electrons. The number of benzene rings is 1. The molecule has 0 spiro atoms. The average molecular weight is 364 g/mol. The molecular formula is C12H9BrClFN2OS. The lowest BCUT2D eigenvalue weighted by molar-refractivity contribution is -0.117. The zero-order valence-electron chi connectivity index (χ0n) is 9.49. The zero-order valence-corrected chi connectivity index (χ0v) is 12.7. The quantitative estimate of drug-likeness (QED) is 0.868. The lowest BCUT2D eigenvalue weighted by atomic mass is 10.2. The van der Waals surface area contributed by atoms with Crippen LogP contribution in [0, 0.1) is 5.82 Å². The Morgan fingerprint density at radius 1 is 1.53 bits per heavy atom. The van der Waals surface area contributed by atoms with E-state index in [1.54, 1.807) is 6.07 Å². The van der Waals surface area contributed by atoms with Crippen LogP contribution in [0.25, 0.3) is 0 Å². The SMILES string of the molecule is NC(C(=O)Nc1c(Cl)cc(F)cc1Br)c1cccs1. The molecule has 0 fully saturated rings. The second kappa shape index (κ2) is 6.00. The van der Waals surface area contributed by atoms with Crippen molar-refractivity contribution in [2.24, 2.45) is 5.73 Å². The Morgan fingerprint density at radius 2 is 2.26 bits per heavy atom. The Hall–Kier alpha value is -0.950. The first kappa shape index (κ1) is 14.5. The first-order chi connectivity index (χ1) is 8.99. The molecule has 1 heterocycles. The van der Waals surface area contributed by atoms with Crippen LogP contribution in [-0.4, -0.2) is 5.91 Å². The number of halogens is 3. The lowest BCUT2D eigenvalue weighted by Crippen LogP contribution is -2.27. The summed E-state index contributed by atoms with van der Waals surface area (Å²) in [6.07, 6.45) is 0. The average Bonchev–Trinajstić information content (AvgIpc) is 2.86. The molecule has 0 bridgehead atoms. The highest BCUT2D eigenvalue weighted by atomic mass is 79.9. The number of nitrogens with one attached hydrogen (secondary N) is 1. The van der Waals surface area contributed by atoms with Crippen LogP contribution in [0.4, 0.5) is 10.1 Å². The van der Waals surface area contributed by atoms with Gasteiger partial charge in [0.25, 0.3) is 0 Å². The topological polar surface area (TPSA) is 55.1 Å². The maximum absolute atomic E-state index is 13.1. The van der Waals surface area contributed by atoms with Crippen LogP contribution in [0.2, 0.25) is 5.02 Å². The summed E-state index contributed by atoms with van der Waals surface area (Å²) >= 11 is 10.4. The Balaban J connectivity index is 2.20. The van der Waals surface area contributed by atoms with Gasteiger partial charge < -0.3 is 11.1 Å². The first-order valence-corrected chi connectivity index (χ1v) is 7.28. The molecule has 0 aliphatic heterocycles. The molecule has 1 atom stereocenters. The van der Waals surface area contributed by atoms with Crippen LogP contribution < -0.4 is 11.1 Å². The highest BCUT2D eigenvalue weighted by molar-refractivity contribution is 9.10. The second-order valence-electron chi connectivity index (χ2n) is 3.73. The number of thiophene rings is 1. The van der Waals surface area contributed by atoms with Gasteiger partial charge in [0, 0.05) is 9.35 Å². The monoisotopic (exact) mass is 362 g/mol. The van der Waals surface area contributed by atoms with Crippen LogP contribution in [0.5, 0.6) is 0 Å². The molecular weight excluding hydrogens is 355 g/mol. The summed E-state index contributed by atoms with van der Waals surface area (Å²) in [5.74, 6) is -0.894. The van der Waals surface area contributed by atoms with Crippen molar-refractivity contribution < 1.29 is 9.18 Å². The van der Waals surface area contributed by atoms with E-state index in [-0.39, 0.29) is 5.02 Å². The standard InChI is InChI=1S/C12H9BrClFN2OS/c13-7-4-6(15)5-8(14)11(7)17-12(18)10(16)9-2-1-3-19-9/h1-5,10H,16H2,(H,17,18). The van der Waals surface area contributed by atoms with Gasteiger partial charge in [-0.1, -0.05) is 17.7 Å². The molecule has 1 aromatic carbocycles. The van der Waals surface area contributed by atoms with Crippen molar-refractivity contribution in [2.75, 3.05) is 5.32 Å². The van der Waals surface area contributed by atoms with Gasteiger partial charge in [-0.25, -0.2) is 4.39 Å². The molecule has 3 nitrogen and oxygen atoms in total. The second-order valence-corrected chi connectivity index (χ2v) is 5.97. The molecule has 2 rings (SSSR count). The van der Waals surface area contributed by atoms with Gasteiger partial charge in [-0.2, -0.15) is 0 Å². The number of nitrogens with two attached hydrogens (primary N) is 1. The van der Waals surface area contributed by atoms with Crippen LogP contribution in [-0.2, 0) is 4.79 Å². The summed E-state index contributed by atoms with van der Waals surface area (Å²) in [4.78, 5) is 12.7. The van der Waals surface area contributed by atoms with E-state index in [1.165, 1.54) is 17.4 Å². The van der Waals surface area contributed by atoms with E-state index in [0.717, 1.165) is 10.9 Å². The van der Waals surface area contributed by atoms with Crippen molar-refractivity contribution in [1.82, 2.24) is 0 Å². The van der Waals surface area contributed by atoms with Gasteiger partial charge in [0.05, 0.1) is 10.7 Å². The Morgan fingerprint density at radius 3 is 2.84 bits per heavy atom. The van der Waals surface area contributed by atoms with E-state index in [4.69, 9.17) is 17.3 Å². The number of rotatable bonds is 3. The number of amides is 1. The summed E-state index contributed by atoms with van der Waals surface area (Å²) in [6.45, 7) is 0. The van der Waals surface area contributed by atoms with Gasteiger partial charge >= 0.3 is 0 Å².